The van der Waals surface area contributed by atoms with Crippen molar-refractivity contribution in [1.29, 1.82) is 0 Å². The van der Waals surface area contributed by atoms with Crippen LogP contribution in [0.4, 0.5) is 5.69 Å². The van der Waals surface area contributed by atoms with Gasteiger partial charge >= 0.3 is 17.9 Å². The third kappa shape index (κ3) is 5.85. The SMILES string of the molecule is COc1ncc(N2CCc3ncnc(O[C@H]4CCN(C(=O)C5CCOC6(C5)OC(=O)C=CC(=O)O6)C4)c3C2)cc1C.O. The highest BCUT2D eigenvalue weighted by Crippen LogP contribution is 2.36. The zero-order chi connectivity index (χ0) is 28.6. The van der Waals surface area contributed by atoms with E-state index in [-0.39, 0.29) is 30.5 Å². The molecule has 2 aromatic heterocycles. The Kier molecular flexibility index (Phi) is 8.27. The van der Waals surface area contributed by atoms with E-state index in [4.69, 9.17) is 23.7 Å². The van der Waals surface area contributed by atoms with E-state index in [1.807, 2.05) is 6.92 Å². The van der Waals surface area contributed by atoms with Gasteiger partial charge in [-0.2, -0.15) is 0 Å². The van der Waals surface area contributed by atoms with E-state index < -0.39 is 23.8 Å². The van der Waals surface area contributed by atoms with Crippen LogP contribution in [0, 0.1) is 12.8 Å². The van der Waals surface area contributed by atoms with Gasteiger partial charge in [-0.25, -0.2) is 24.5 Å². The van der Waals surface area contributed by atoms with Crippen LogP contribution in [0.15, 0.2) is 30.7 Å². The lowest BCUT2D eigenvalue weighted by molar-refractivity contribution is -0.359. The van der Waals surface area contributed by atoms with Crippen molar-refractivity contribution in [2.45, 2.75) is 51.2 Å². The number of hydrogen-bond acceptors (Lipinski definition) is 12. The van der Waals surface area contributed by atoms with Crippen molar-refractivity contribution in [2.75, 3.05) is 38.3 Å². The van der Waals surface area contributed by atoms with Crippen molar-refractivity contribution >= 4 is 23.5 Å². The lowest BCUT2D eigenvalue weighted by Crippen LogP contribution is -2.50. The molecule has 0 aliphatic carbocycles. The number of fused-ring (bicyclic) bond motifs is 1. The third-order valence-electron chi connectivity index (χ3n) is 7.77. The minimum atomic E-state index is -1.89. The molecule has 2 fully saturated rings. The topological polar surface area (TPSA) is 174 Å². The van der Waals surface area contributed by atoms with Crippen molar-refractivity contribution in [2.24, 2.45) is 5.92 Å². The van der Waals surface area contributed by atoms with E-state index in [0.29, 0.717) is 44.2 Å². The summed E-state index contributed by atoms with van der Waals surface area (Å²) in [6, 6.07) is 2.05. The Bertz CT molecular complexity index is 1380. The molecule has 1 spiro atoms. The van der Waals surface area contributed by atoms with E-state index in [1.54, 1.807) is 18.2 Å². The third-order valence-corrected chi connectivity index (χ3v) is 7.77. The molecular weight excluding hydrogens is 550 g/mol. The molecule has 2 saturated heterocycles. The number of aryl methyl sites for hydroxylation is 1. The Morgan fingerprint density at radius 3 is 2.60 bits per heavy atom. The fraction of sp³-hybridized carbons (Fsp3) is 0.500. The van der Waals surface area contributed by atoms with Gasteiger partial charge in [0.05, 0.1) is 62.3 Å². The fourth-order valence-corrected chi connectivity index (χ4v) is 5.72. The summed E-state index contributed by atoms with van der Waals surface area (Å²) in [6.45, 7) is 4.32. The summed E-state index contributed by atoms with van der Waals surface area (Å²) in [7, 11) is 1.60. The van der Waals surface area contributed by atoms with Crippen LogP contribution in [-0.2, 0) is 41.6 Å². The molecular formula is C28H33N5O9. The van der Waals surface area contributed by atoms with E-state index in [0.717, 1.165) is 47.6 Å². The van der Waals surface area contributed by atoms with Crippen molar-refractivity contribution in [3.05, 3.63) is 47.6 Å². The summed E-state index contributed by atoms with van der Waals surface area (Å²) in [4.78, 5) is 54.6. The molecule has 4 aliphatic heterocycles. The molecule has 0 radical (unpaired) electrons. The van der Waals surface area contributed by atoms with Crippen molar-refractivity contribution < 1.29 is 43.5 Å². The number of nitrogens with zero attached hydrogens (tertiary/aromatic N) is 5. The van der Waals surface area contributed by atoms with Gasteiger partial charge in [0.2, 0.25) is 17.7 Å². The average molecular weight is 584 g/mol. The summed E-state index contributed by atoms with van der Waals surface area (Å²) >= 11 is 0. The first-order valence-corrected chi connectivity index (χ1v) is 13.6. The molecule has 224 valence electrons. The van der Waals surface area contributed by atoms with E-state index in [9.17, 15) is 14.4 Å². The molecule has 4 aliphatic rings. The summed E-state index contributed by atoms with van der Waals surface area (Å²) < 4.78 is 27.7. The van der Waals surface area contributed by atoms with Gasteiger partial charge in [-0.15, -0.1) is 0 Å². The lowest BCUT2D eigenvalue weighted by Gasteiger charge is -2.37. The minimum absolute atomic E-state index is 0. The van der Waals surface area contributed by atoms with Gasteiger partial charge in [0.25, 0.3) is 0 Å². The molecule has 1 unspecified atom stereocenters. The average Bonchev–Trinajstić information content (AvgIpc) is 3.38. The largest absolute Gasteiger partial charge is 0.481 e. The number of methoxy groups -OCH3 is 1. The molecule has 0 aromatic carbocycles. The number of likely N-dealkylation sites (tertiary alicyclic amines) is 1. The number of esters is 2. The Hall–Kier alpha value is -4.30. The standard InChI is InChI=1S/C28H31N5O8.H2O/c1-17-11-19(13-29-25(17)37-2)32-9-6-22-21(15-32)26(31-16-30-22)39-20-5-8-33(14-20)27(36)18-7-10-38-28(12-18)40-23(34)3-4-24(35)41-28;/h3-4,11,13,16,18,20H,5-10,12,14-15H2,1-2H3;1H2/t18?,20-;/m0./s1. The molecule has 14 heteroatoms. The van der Waals surface area contributed by atoms with Gasteiger partial charge in [0.1, 0.15) is 12.4 Å². The van der Waals surface area contributed by atoms with Gasteiger partial charge in [-0.1, -0.05) is 0 Å². The Morgan fingerprint density at radius 1 is 1.07 bits per heavy atom. The molecule has 2 N–H and O–H groups in total. The lowest BCUT2D eigenvalue weighted by atomic mass is 9.96. The van der Waals surface area contributed by atoms with Gasteiger partial charge in [-0.05, 0) is 19.4 Å². The van der Waals surface area contributed by atoms with E-state index in [2.05, 4.69) is 25.9 Å². The van der Waals surface area contributed by atoms with Crippen LogP contribution in [-0.4, -0.2) is 88.6 Å². The Morgan fingerprint density at radius 2 is 1.86 bits per heavy atom. The van der Waals surface area contributed by atoms with Crippen LogP contribution in [0.5, 0.6) is 11.8 Å². The van der Waals surface area contributed by atoms with Crippen molar-refractivity contribution in [1.82, 2.24) is 19.9 Å². The molecule has 0 saturated carbocycles. The molecule has 2 aromatic rings. The molecule has 2 atom stereocenters. The fourth-order valence-electron chi connectivity index (χ4n) is 5.72. The van der Waals surface area contributed by atoms with Crippen LogP contribution >= 0.6 is 0 Å². The number of rotatable bonds is 5. The minimum Gasteiger partial charge on any atom is -0.481 e. The number of carbonyl (C=O) groups is 3. The molecule has 6 heterocycles. The van der Waals surface area contributed by atoms with Gasteiger partial charge < -0.3 is 39.0 Å². The highest BCUT2D eigenvalue weighted by molar-refractivity contribution is 5.93. The maximum atomic E-state index is 13.5. The summed E-state index contributed by atoms with van der Waals surface area (Å²) in [5.41, 5.74) is 3.81. The predicted octanol–water partition coefficient (Wildman–Crippen LogP) is 0.643. The Labute approximate surface area is 241 Å². The number of ether oxygens (including phenoxy) is 5. The second-order valence-electron chi connectivity index (χ2n) is 10.5. The predicted molar refractivity (Wildman–Crippen MR) is 144 cm³/mol. The number of anilines is 1. The van der Waals surface area contributed by atoms with Crippen LogP contribution in [0.1, 0.15) is 36.1 Å². The van der Waals surface area contributed by atoms with Crippen LogP contribution < -0.4 is 14.4 Å². The van der Waals surface area contributed by atoms with Crippen LogP contribution in [0.2, 0.25) is 0 Å². The van der Waals surface area contributed by atoms with E-state index in [1.165, 1.54) is 6.33 Å². The zero-order valence-electron chi connectivity index (χ0n) is 23.4. The number of pyridine rings is 1. The first kappa shape index (κ1) is 29.2. The van der Waals surface area contributed by atoms with Crippen LogP contribution in [0.25, 0.3) is 0 Å². The van der Waals surface area contributed by atoms with Gasteiger partial charge in [0, 0.05) is 43.6 Å². The summed E-state index contributed by atoms with van der Waals surface area (Å²) in [6.07, 6.45) is 6.76. The second kappa shape index (κ2) is 11.9. The highest BCUT2D eigenvalue weighted by atomic mass is 16.9. The smallest absolute Gasteiger partial charge is 0.377 e. The summed E-state index contributed by atoms with van der Waals surface area (Å²) in [5.74, 6) is -2.96. The number of aromatic nitrogens is 3. The molecule has 14 nitrogen and oxygen atoms in total. The van der Waals surface area contributed by atoms with E-state index >= 15 is 0 Å². The number of hydrogen-bond donors (Lipinski definition) is 0. The van der Waals surface area contributed by atoms with Gasteiger partial charge in [-0.3, -0.25) is 4.79 Å². The molecule has 6 rings (SSSR count). The normalized spacial score (nSPS) is 22.9. The molecule has 0 bridgehead atoms. The Balaban J connectivity index is 0.00000353. The first-order chi connectivity index (χ1) is 19.8. The number of amides is 1. The second-order valence-corrected chi connectivity index (χ2v) is 10.5. The van der Waals surface area contributed by atoms with Crippen molar-refractivity contribution in [3.8, 4) is 11.8 Å². The molecule has 1 amide bonds. The van der Waals surface area contributed by atoms with Crippen LogP contribution in [0.3, 0.4) is 0 Å². The maximum absolute atomic E-state index is 13.5. The number of carbonyl (C=O) groups excluding carboxylic acids is 3. The quantitative estimate of drug-likeness (QED) is 0.450. The first-order valence-electron chi connectivity index (χ1n) is 13.6. The maximum Gasteiger partial charge on any atom is 0.377 e. The van der Waals surface area contributed by atoms with Gasteiger partial charge in [0.15, 0.2) is 0 Å². The monoisotopic (exact) mass is 583 g/mol. The zero-order valence-corrected chi connectivity index (χ0v) is 23.4. The summed E-state index contributed by atoms with van der Waals surface area (Å²) in [5, 5.41) is 0. The highest BCUT2D eigenvalue weighted by Gasteiger charge is 2.49. The van der Waals surface area contributed by atoms with Crippen molar-refractivity contribution in [3.63, 3.8) is 0 Å². The molecule has 42 heavy (non-hydrogen) atoms.